The van der Waals surface area contributed by atoms with Crippen LogP contribution in [0.2, 0.25) is 0 Å². The summed E-state index contributed by atoms with van der Waals surface area (Å²) < 4.78 is 0. The molecule has 2 bridgehead atoms. The van der Waals surface area contributed by atoms with Gasteiger partial charge in [-0.2, -0.15) is 0 Å². The third kappa shape index (κ3) is 1.71. The monoisotopic (exact) mass is 196 g/mol. The molecule has 0 aromatic carbocycles. The highest BCUT2D eigenvalue weighted by molar-refractivity contribution is 5.78. The summed E-state index contributed by atoms with van der Waals surface area (Å²) in [7, 11) is 3.94. The van der Waals surface area contributed by atoms with E-state index in [0.717, 1.165) is 5.92 Å². The molecule has 2 heterocycles. The average molecular weight is 196 g/mol. The molecular formula is C10H20N4. The summed E-state index contributed by atoms with van der Waals surface area (Å²) in [6.07, 6.45) is 3.94. The standard InChI is InChI=1S/C10H20N4/c1-12-10(11)13-8-5-7-3-4-9(8)14(2)6-7/h7-9H,3-6H2,1-2H3,(H3,11,12,13). The molecule has 2 aliphatic heterocycles. The first kappa shape index (κ1) is 9.77. The van der Waals surface area contributed by atoms with Crippen LogP contribution in [0.4, 0.5) is 0 Å². The minimum absolute atomic E-state index is 0.510. The van der Waals surface area contributed by atoms with Crippen molar-refractivity contribution in [1.29, 1.82) is 0 Å². The molecule has 4 heteroatoms. The second kappa shape index (κ2) is 3.77. The van der Waals surface area contributed by atoms with Gasteiger partial charge in [0.05, 0.1) is 0 Å². The molecule has 3 atom stereocenters. The minimum atomic E-state index is 0.510. The molecule has 3 unspecified atom stereocenters. The van der Waals surface area contributed by atoms with Crippen LogP contribution in [0.25, 0.3) is 0 Å². The van der Waals surface area contributed by atoms with E-state index in [0.29, 0.717) is 18.0 Å². The number of fused-ring (bicyclic) bond motifs is 3. The van der Waals surface area contributed by atoms with Crippen molar-refractivity contribution in [2.45, 2.75) is 31.3 Å². The Labute approximate surface area is 85.6 Å². The van der Waals surface area contributed by atoms with Gasteiger partial charge in [-0.05, 0) is 32.2 Å². The molecule has 80 valence electrons. The van der Waals surface area contributed by atoms with Crippen molar-refractivity contribution < 1.29 is 0 Å². The van der Waals surface area contributed by atoms with Gasteiger partial charge in [-0.3, -0.25) is 4.99 Å². The van der Waals surface area contributed by atoms with Crippen LogP contribution in [0.15, 0.2) is 4.99 Å². The first-order valence-corrected chi connectivity index (χ1v) is 5.39. The van der Waals surface area contributed by atoms with Crippen LogP contribution in [0.3, 0.4) is 0 Å². The van der Waals surface area contributed by atoms with Crippen LogP contribution in [-0.2, 0) is 0 Å². The lowest BCUT2D eigenvalue weighted by molar-refractivity contribution is 0.0469. The highest BCUT2D eigenvalue weighted by Crippen LogP contribution is 2.33. The number of aliphatic imine (C=N–C) groups is 1. The molecule has 3 aliphatic rings. The van der Waals surface area contributed by atoms with Crippen LogP contribution >= 0.6 is 0 Å². The summed E-state index contributed by atoms with van der Waals surface area (Å²) in [6, 6.07) is 1.16. The molecule has 0 amide bonds. The Morgan fingerprint density at radius 3 is 2.86 bits per heavy atom. The van der Waals surface area contributed by atoms with E-state index >= 15 is 0 Å². The molecule has 0 spiro atoms. The second-order valence-corrected chi connectivity index (χ2v) is 4.55. The second-order valence-electron chi connectivity index (χ2n) is 4.55. The van der Waals surface area contributed by atoms with E-state index in [2.05, 4.69) is 22.3 Å². The number of hydrogen-bond acceptors (Lipinski definition) is 2. The Hall–Kier alpha value is -0.770. The van der Waals surface area contributed by atoms with Gasteiger partial charge in [-0.25, -0.2) is 0 Å². The Morgan fingerprint density at radius 2 is 2.29 bits per heavy atom. The van der Waals surface area contributed by atoms with Gasteiger partial charge >= 0.3 is 0 Å². The van der Waals surface area contributed by atoms with Gasteiger partial charge in [-0.1, -0.05) is 0 Å². The number of hydrogen-bond donors (Lipinski definition) is 2. The third-order valence-corrected chi connectivity index (χ3v) is 3.61. The highest BCUT2D eigenvalue weighted by Gasteiger charge is 2.38. The average Bonchev–Trinajstić information content (AvgIpc) is 2.18. The van der Waals surface area contributed by atoms with Crippen molar-refractivity contribution in [1.82, 2.24) is 10.2 Å². The van der Waals surface area contributed by atoms with Gasteiger partial charge in [0.15, 0.2) is 5.96 Å². The Morgan fingerprint density at radius 1 is 1.50 bits per heavy atom. The van der Waals surface area contributed by atoms with Crippen molar-refractivity contribution >= 4 is 5.96 Å². The van der Waals surface area contributed by atoms with E-state index < -0.39 is 0 Å². The lowest BCUT2D eigenvalue weighted by atomic mass is 9.77. The SMILES string of the molecule is CN=C(N)NC1CC2CCC1N(C)C2. The van der Waals surface area contributed by atoms with Crippen LogP contribution < -0.4 is 11.1 Å². The van der Waals surface area contributed by atoms with Gasteiger partial charge in [0.2, 0.25) is 0 Å². The van der Waals surface area contributed by atoms with E-state index in [1.807, 2.05) is 0 Å². The number of nitrogens with zero attached hydrogens (tertiary/aromatic N) is 2. The molecule has 1 aliphatic carbocycles. The fourth-order valence-electron chi connectivity index (χ4n) is 2.89. The van der Waals surface area contributed by atoms with Crippen LogP contribution in [0, 0.1) is 5.92 Å². The third-order valence-electron chi connectivity index (χ3n) is 3.61. The number of nitrogens with two attached hydrogens (primary N) is 1. The molecule has 4 nitrogen and oxygen atoms in total. The number of nitrogens with one attached hydrogen (secondary N) is 1. The van der Waals surface area contributed by atoms with Crippen molar-refractivity contribution in [2.24, 2.45) is 16.6 Å². The number of piperidine rings is 2. The maximum atomic E-state index is 5.70. The van der Waals surface area contributed by atoms with Gasteiger partial charge < -0.3 is 16.0 Å². The Bertz CT molecular complexity index is 238. The lowest BCUT2D eigenvalue weighted by Crippen LogP contribution is -2.60. The number of rotatable bonds is 1. The molecule has 0 radical (unpaired) electrons. The highest BCUT2D eigenvalue weighted by atomic mass is 15.2. The fourth-order valence-corrected chi connectivity index (χ4v) is 2.89. The molecule has 0 aromatic rings. The predicted octanol–water partition coefficient (Wildman–Crippen LogP) is 0.00320. The molecular weight excluding hydrogens is 176 g/mol. The summed E-state index contributed by atoms with van der Waals surface area (Å²) in [5.74, 6) is 1.43. The number of likely N-dealkylation sites (N-methyl/N-ethyl adjacent to an activating group) is 1. The van der Waals surface area contributed by atoms with Gasteiger partial charge in [0.25, 0.3) is 0 Å². The van der Waals surface area contributed by atoms with Crippen LogP contribution in [0.5, 0.6) is 0 Å². The molecule has 3 rings (SSSR count). The molecule has 0 aromatic heterocycles. The van der Waals surface area contributed by atoms with E-state index in [1.54, 1.807) is 7.05 Å². The zero-order valence-electron chi connectivity index (χ0n) is 9.03. The summed E-state index contributed by atoms with van der Waals surface area (Å²) in [6.45, 7) is 1.26. The van der Waals surface area contributed by atoms with Gasteiger partial charge in [0, 0.05) is 25.7 Å². The maximum Gasteiger partial charge on any atom is 0.188 e. The zero-order chi connectivity index (χ0) is 10.1. The molecule has 2 saturated heterocycles. The van der Waals surface area contributed by atoms with Crippen LogP contribution in [-0.4, -0.2) is 43.6 Å². The smallest absolute Gasteiger partial charge is 0.188 e. The largest absolute Gasteiger partial charge is 0.370 e. The minimum Gasteiger partial charge on any atom is -0.370 e. The van der Waals surface area contributed by atoms with Crippen molar-refractivity contribution in [2.75, 3.05) is 20.6 Å². The topological polar surface area (TPSA) is 53.6 Å². The summed E-state index contributed by atoms with van der Waals surface area (Å²) in [5, 5.41) is 3.32. The summed E-state index contributed by atoms with van der Waals surface area (Å²) >= 11 is 0. The van der Waals surface area contributed by atoms with E-state index in [1.165, 1.54) is 25.8 Å². The molecule has 14 heavy (non-hydrogen) atoms. The van der Waals surface area contributed by atoms with Gasteiger partial charge in [0.1, 0.15) is 0 Å². The lowest BCUT2D eigenvalue weighted by Gasteiger charge is -2.48. The number of guanidine groups is 1. The molecule has 3 fully saturated rings. The van der Waals surface area contributed by atoms with E-state index in [-0.39, 0.29) is 0 Å². The first-order chi connectivity index (χ1) is 6.70. The van der Waals surface area contributed by atoms with Crippen molar-refractivity contribution in [3.05, 3.63) is 0 Å². The predicted molar refractivity (Wildman–Crippen MR) is 58.2 cm³/mol. The molecule has 3 N–H and O–H groups in total. The zero-order valence-corrected chi connectivity index (χ0v) is 9.03. The summed E-state index contributed by atoms with van der Waals surface area (Å²) in [5.41, 5.74) is 5.70. The Balaban J connectivity index is 2.00. The van der Waals surface area contributed by atoms with Crippen LogP contribution in [0.1, 0.15) is 19.3 Å². The molecule has 1 saturated carbocycles. The van der Waals surface area contributed by atoms with Gasteiger partial charge in [-0.15, -0.1) is 0 Å². The van der Waals surface area contributed by atoms with E-state index in [4.69, 9.17) is 5.73 Å². The normalized spacial score (nSPS) is 38.7. The first-order valence-electron chi connectivity index (χ1n) is 5.39. The maximum absolute atomic E-state index is 5.70. The van der Waals surface area contributed by atoms with Crippen molar-refractivity contribution in [3.8, 4) is 0 Å². The Kier molecular flexibility index (Phi) is 2.63. The summed E-state index contributed by atoms with van der Waals surface area (Å²) in [4.78, 5) is 6.41. The fraction of sp³-hybridized carbons (Fsp3) is 0.900. The van der Waals surface area contributed by atoms with E-state index in [9.17, 15) is 0 Å². The van der Waals surface area contributed by atoms with Crippen molar-refractivity contribution in [3.63, 3.8) is 0 Å². The quantitative estimate of drug-likeness (QED) is 0.458.